The van der Waals surface area contributed by atoms with E-state index in [2.05, 4.69) is 20.5 Å². The van der Waals surface area contributed by atoms with Crippen molar-refractivity contribution < 1.29 is 14.7 Å². The van der Waals surface area contributed by atoms with Gasteiger partial charge in [0, 0.05) is 29.9 Å². The Morgan fingerprint density at radius 3 is 2.92 bits per heavy atom. The highest BCUT2D eigenvalue weighted by molar-refractivity contribution is 7.14. The first-order chi connectivity index (χ1) is 11.6. The number of carboxylic acids is 1. The van der Waals surface area contributed by atoms with Crippen molar-refractivity contribution in [1.82, 2.24) is 24.5 Å². The summed E-state index contributed by atoms with van der Waals surface area (Å²) >= 11 is 1.29. The van der Waals surface area contributed by atoms with Gasteiger partial charge in [0.15, 0.2) is 5.13 Å². The van der Waals surface area contributed by atoms with Crippen LogP contribution in [0.25, 0.3) is 11.3 Å². The molecule has 124 valence electrons. The monoisotopic (exact) mass is 346 g/mol. The molecular formula is C14H14N6O3S. The molecule has 3 rings (SSSR count). The summed E-state index contributed by atoms with van der Waals surface area (Å²) in [7, 11) is 0. The quantitative estimate of drug-likeness (QED) is 0.700. The summed E-state index contributed by atoms with van der Waals surface area (Å²) in [6.45, 7) is 2.56. The lowest BCUT2D eigenvalue weighted by atomic mass is 10.3. The van der Waals surface area contributed by atoms with Crippen molar-refractivity contribution >= 4 is 28.3 Å². The van der Waals surface area contributed by atoms with E-state index in [-0.39, 0.29) is 12.2 Å². The number of aryl methyl sites for hydroxylation is 1. The molecule has 9 nitrogen and oxygen atoms in total. The number of nitrogens with zero attached hydrogens (tertiary/aromatic N) is 5. The van der Waals surface area contributed by atoms with Gasteiger partial charge in [-0.05, 0) is 13.0 Å². The van der Waals surface area contributed by atoms with Gasteiger partial charge in [0.05, 0.1) is 11.9 Å². The summed E-state index contributed by atoms with van der Waals surface area (Å²) in [5.41, 5.74) is 1.55. The van der Waals surface area contributed by atoms with Crippen LogP contribution in [0, 0.1) is 0 Å². The molecule has 10 heteroatoms. The third-order valence-electron chi connectivity index (χ3n) is 3.23. The van der Waals surface area contributed by atoms with Crippen molar-refractivity contribution in [3.63, 3.8) is 0 Å². The third kappa shape index (κ3) is 3.33. The third-order valence-corrected chi connectivity index (χ3v) is 3.99. The Bertz CT molecular complexity index is 881. The van der Waals surface area contributed by atoms with Gasteiger partial charge in [-0.2, -0.15) is 10.2 Å². The zero-order valence-corrected chi connectivity index (χ0v) is 13.5. The number of rotatable bonds is 6. The SMILES string of the molecule is CCn1cc(-c2csc(NC(=O)Cn3nccc3C(=O)O)n2)cn1. The number of amides is 1. The molecule has 0 aliphatic carbocycles. The lowest BCUT2D eigenvalue weighted by Crippen LogP contribution is -2.22. The van der Waals surface area contributed by atoms with Crippen molar-refractivity contribution in [2.24, 2.45) is 0 Å². The second-order valence-corrected chi connectivity index (χ2v) is 5.71. The first-order valence-corrected chi connectivity index (χ1v) is 7.98. The highest BCUT2D eigenvalue weighted by atomic mass is 32.1. The number of thiazole rings is 1. The average Bonchev–Trinajstić information content (AvgIpc) is 3.26. The topological polar surface area (TPSA) is 115 Å². The van der Waals surface area contributed by atoms with E-state index in [1.54, 1.807) is 10.9 Å². The molecule has 0 saturated heterocycles. The van der Waals surface area contributed by atoms with Crippen molar-refractivity contribution in [1.29, 1.82) is 0 Å². The number of carboxylic acid groups (broad SMARTS) is 1. The van der Waals surface area contributed by atoms with Crippen LogP contribution < -0.4 is 5.32 Å². The number of aromatic nitrogens is 5. The predicted molar refractivity (Wildman–Crippen MR) is 86.8 cm³/mol. The minimum Gasteiger partial charge on any atom is -0.477 e. The first-order valence-electron chi connectivity index (χ1n) is 7.10. The molecule has 0 saturated carbocycles. The van der Waals surface area contributed by atoms with Crippen molar-refractivity contribution in [2.75, 3.05) is 5.32 Å². The van der Waals surface area contributed by atoms with Crippen LogP contribution in [0.15, 0.2) is 30.0 Å². The standard InChI is InChI=1S/C14H14N6O3S/c1-2-19-6-9(5-16-19)10-8-24-14(17-10)18-12(21)7-20-11(13(22)23)3-4-15-20/h3-6,8H,2,7H2,1H3,(H,22,23)(H,17,18,21). The van der Waals surface area contributed by atoms with Gasteiger partial charge in [-0.15, -0.1) is 11.3 Å². The second kappa shape index (κ2) is 6.62. The van der Waals surface area contributed by atoms with Crippen molar-refractivity contribution in [3.05, 3.63) is 35.7 Å². The fraction of sp³-hybridized carbons (Fsp3) is 0.214. The van der Waals surface area contributed by atoms with Gasteiger partial charge in [0.1, 0.15) is 12.2 Å². The summed E-state index contributed by atoms with van der Waals surface area (Å²) in [6, 6.07) is 1.34. The van der Waals surface area contributed by atoms with Crippen LogP contribution in [0.1, 0.15) is 17.4 Å². The Morgan fingerprint density at radius 1 is 1.38 bits per heavy atom. The number of hydrogen-bond acceptors (Lipinski definition) is 6. The summed E-state index contributed by atoms with van der Waals surface area (Å²) in [4.78, 5) is 27.4. The number of hydrogen-bond donors (Lipinski definition) is 2. The molecule has 0 aromatic carbocycles. The Kier molecular flexibility index (Phi) is 4.38. The van der Waals surface area contributed by atoms with Crippen LogP contribution in [0.2, 0.25) is 0 Å². The van der Waals surface area contributed by atoms with Crippen LogP contribution in [-0.4, -0.2) is 41.5 Å². The van der Waals surface area contributed by atoms with Gasteiger partial charge >= 0.3 is 5.97 Å². The van der Waals surface area contributed by atoms with E-state index in [9.17, 15) is 9.59 Å². The van der Waals surface area contributed by atoms with Gasteiger partial charge in [-0.25, -0.2) is 14.5 Å². The molecule has 0 radical (unpaired) electrons. The molecular weight excluding hydrogens is 332 g/mol. The molecule has 0 aliphatic rings. The van der Waals surface area contributed by atoms with Gasteiger partial charge < -0.3 is 10.4 Å². The maximum Gasteiger partial charge on any atom is 0.354 e. The fourth-order valence-corrected chi connectivity index (χ4v) is 2.80. The lowest BCUT2D eigenvalue weighted by molar-refractivity contribution is -0.116. The molecule has 3 aromatic rings. The summed E-state index contributed by atoms with van der Waals surface area (Å²) in [6.07, 6.45) is 4.93. The number of aromatic carboxylic acids is 1. The highest BCUT2D eigenvalue weighted by Gasteiger charge is 2.14. The minimum absolute atomic E-state index is 0.0445. The molecule has 2 N–H and O–H groups in total. The van der Waals surface area contributed by atoms with Gasteiger partial charge in [-0.1, -0.05) is 0 Å². The zero-order valence-electron chi connectivity index (χ0n) is 12.7. The molecule has 3 heterocycles. The molecule has 0 bridgehead atoms. The molecule has 0 fully saturated rings. The van der Waals surface area contributed by atoms with E-state index in [0.29, 0.717) is 5.13 Å². The van der Waals surface area contributed by atoms with Crippen LogP contribution in [0.5, 0.6) is 0 Å². The number of carbonyl (C=O) groups is 2. The molecule has 0 atom stereocenters. The Morgan fingerprint density at radius 2 is 2.21 bits per heavy atom. The van der Waals surface area contributed by atoms with Crippen LogP contribution in [-0.2, 0) is 17.9 Å². The largest absolute Gasteiger partial charge is 0.477 e. The van der Waals surface area contributed by atoms with Crippen molar-refractivity contribution in [3.8, 4) is 11.3 Å². The Hall–Kier alpha value is -3.01. The van der Waals surface area contributed by atoms with E-state index in [1.807, 2.05) is 18.5 Å². The molecule has 1 amide bonds. The van der Waals surface area contributed by atoms with Gasteiger partial charge in [0.25, 0.3) is 0 Å². The van der Waals surface area contributed by atoms with Crippen LogP contribution in [0.4, 0.5) is 5.13 Å². The molecule has 0 aliphatic heterocycles. The lowest BCUT2D eigenvalue weighted by Gasteiger charge is -2.04. The Labute approximate surface area is 140 Å². The fourth-order valence-electron chi connectivity index (χ4n) is 2.07. The predicted octanol–water partition coefficient (Wildman–Crippen LogP) is 1.56. The highest BCUT2D eigenvalue weighted by Crippen LogP contribution is 2.24. The maximum absolute atomic E-state index is 12.0. The zero-order chi connectivity index (χ0) is 17.1. The normalized spacial score (nSPS) is 10.7. The molecule has 24 heavy (non-hydrogen) atoms. The van der Waals surface area contributed by atoms with Gasteiger partial charge in [0.2, 0.25) is 5.91 Å². The molecule has 0 spiro atoms. The number of nitrogens with one attached hydrogen (secondary N) is 1. The smallest absolute Gasteiger partial charge is 0.354 e. The van der Waals surface area contributed by atoms with E-state index in [4.69, 9.17) is 5.11 Å². The van der Waals surface area contributed by atoms with E-state index in [0.717, 1.165) is 22.5 Å². The Balaban J connectivity index is 1.67. The minimum atomic E-state index is -1.13. The van der Waals surface area contributed by atoms with E-state index >= 15 is 0 Å². The first kappa shape index (κ1) is 15.9. The van der Waals surface area contributed by atoms with E-state index < -0.39 is 11.9 Å². The van der Waals surface area contributed by atoms with Crippen LogP contribution >= 0.6 is 11.3 Å². The summed E-state index contributed by atoms with van der Waals surface area (Å²) < 4.78 is 2.91. The summed E-state index contributed by atoms with van der Waals surface area (Å²) in [5.74, 6) is -1.53. The number of anilines is 1. The number of carbonyl (C=O) groups excluding carboxylic acids is 1. The second-order valence-electron chi connectivity index (χ2n) is 4.85. The van der Waals surface area contributed by atoms with Gasteiger partial charge in [-0.3, -0.25) is 9.48 Å². The van der Waals surface area contributed by atoms with Crippen LogP contribution in [0.3, 0.4) is 0 Å². The summed E-state index contributed by atoms with van der Waals surface area (Å²) in [5, 5.41) is 21.9. The van der Waals surface area contributed by atoms with Crippen molar-refractivity contribution in [2.45, 2.75) is 20.0 Å². The molecule has 3 aromatic heterocycles. The molecule has 0 unspecified atom stereocenters. The average molecular weight is 346 g/mol. The maximum atomic E-state index is 12.0. The van der Waals surface area contributed by atoms with E-state index in [1.165, 1.54) is 23.6 Å².